The second-order valence-corrected chi connectivity index (χ2v) is 9.40. The van der Waals surface area contributed by atoms with Crippen molar-refractivity contribution in [2.75, 3.05) is 20.2 Å². The van der Waals surface area contributed by atoms with Gasteiger partial charge in [-0.3, -0.25) is 19.1 Å². The van der Waals surface area contributed by atoms with Gasteiger partial charge in [-0.2, -0.15) is 5.10 Å². The summed E-state index contributed by atoms with van der Waals surface area (Å²) < 4.78 is 6.96. The van der Waals surface area contributed by atoms with Gasteiger partial charge in [0.2, 0.25) is 5.91 Å². The summed E-state index contributed by atoms with van der Waals surface area (Å²) in [5.41, 5.74) is -0.565. The van der Waals surface area contributed by atoms with Gasteiger partial charge >= 0.3 is 0 Å². The van der Waals surface area contributed by atoms with Crippen LogP contribution >= 0.6 is 0 Å². The number of fused-ring (bicyclic) bond motifs is 1. The standard InChI is InChI=1S/C23H37N5O4/c1-16(2)32-13-9-12-24-20(29)18-14-19-21(30)27(4)23(3,15-28(19)26-18)22(31)25-17-10-7-5-6-8-11-17/h14,16-17H,5-13,15H2,1-4H3,(H,24,29)(H,25,31). The lowest BCUT2D eigenvalue weighted by Crippen LogP contribution is -2.63. The molecule has 0 saturated heterocycles. The number of rotatable bonds is 8. The lowest BCUT2D eigenvalue weighted by molar-refractivity contribution is -0.133. The molecule has 2 aliphatic rings. The van der Waals surface area contributed by atoms with Crippen LogP contribution in [-0.2, 0) is 16.1 Å². The molecule has 1 aliphatic heterocycles. The highest BCUT2D eigenvalue weighted by atomic mass is 16.5. The minimum Gasteiger partial charge on any atom is -0.379 e. The maximum Gasteiger partial charge on any atom is 0.272 e. The van der Waals surface area contributed by atoms with Gasteiger partial charge < -0.3 is 20.3 Å². The van der Waals surface area contributed by atoms with Crippen molar-refractivity contribution in [3.05, 3.63) is 17.5 Å². The lowest BCUT2D eigenvalue weighted by atomic mass is 9.95. The Morgan fingerprint density at radius 3 is 2.59 bits per heavy atom. The number of nitrogens with one attached hydrogen (secondary N) is 2. The highest BCUT2D eigenvalue weighted by Crippen LogP contribution is 2.27. The van der Waals surface area contributed by atoms with Crippen LogP contribution in [0.4, 0.5) is 0 Å². The third-order valence-corrected chi connectivity index (χ3v) is 6.47. The molecule has 32 heavy (non-hydrogen) atoms. The monoisotopic (exact) mass is 447 g/mol. The minimum absolute atomic E-state index is 0.144. The number of likely N-dealkylation sites (N-methyl/N-ethyl adjacent to an activating group) is 1. The average Bonchev–Trinajstić information content (AvgIpc) is 3.00. The van der Waals surface area contributed by atoms with Gasteiger partial charge in [-0.25, -0.2) is 0 Å². The maximum atomic E-state index is 13.2. The molecule has 3 rings (SSSR count). The number of carbonyl (C=O) groups excluding carboxylic acids is 3. The smallest absolute Gasteiger partial charge is 0.272 e. The van der Waals surface area contributed by atoms with E-state index in [0.717, 1.165) is 25.7 Å². The van der Waals surface area contributed by atoms with E-state index in [9.17, 15) is 14.4 Å². The molecule has 3 amide bonds. The van der Waals surface area contributed by atoms with Crippen LogP contribution in [0.25, 0.3) is 0 Å². The summed E-state index contributed by atoms with van der Waals surface area (Å²) in [6.07, 6.45) is 7.42. The molecule has 9 heteroatoms. The van der Waals surface area contributed by atoms with Gasteiger partial charge in [0.05, 0.1) is 12.6 Å². The van der Waals surface area contributed by atoms with Crippen molar-refractivity contribution in [3.8, 4) is 0 Å². The third-order valence-electron chi connectivity index (χ3n) is 6.47. The second-order valence-electron chi connectivity index (χ2n) is 9.40. The first-order chi connectivity index (χ1) is 15.2. The topological polar surface area (TPSA) is 106 Å². The molecule has 1 aliphatic carbocycles. The zero-order valence-corrected chi connectivity index (χ0v) is 19.8. The van der Waals surface area contributed by atoms with E-state index in [1.54, 1.807) is 14.0 Å². The SMILES string of the molecule is CC(C)OCCCNC(=O)c1cc2n(n1)CC(C)(C(=O)NC1CCCCCC1)N(C)C2=O. The summed E-state index contributed by atoms with van der Waals surface area (Å²) in [6, 6.07) is 1.65. The molecular weight excluding hydrogens is 410 g/mol. The molecule has 1 aromatic rings. The van der Waals surface area contributed by atoms with E-state index in [2.05, 4.69) is 15.7 Å². The molecule has 0 spiro atoms. The van der Waals surface area contributed by atoms with Crippen LogP contribution < -0.4 is 10.6 Å². The van der Waals surface area contributed by atoms with Crippen molar-refractivity contribution < 1.29 is 19.1 Å². The van der Waals surface area contributed by atoms with E-state index in [4.69, 9.17) is 4.74 Å². The van der Waals surface area contributed by atoms with E-state index in [1.165, 1.54) is 28.5 Å². The van der Waals surface area contributed by atoms with E-state index in [1.807, 2.05) is 13.8 Å². The van der Waals surface area contributed by atoms with Crippen LogP contribution in [0.3, 0.4) is 0 Å². The Morgan fingerprint density at radius 1 is 1.25 bits per heavy atom. The molecule has 1 unspecified atom stereocenters. The highest BCUT2D eigenvalue weighted by Gasteiger charge is 2.46. The third kappa shape index (κ3) is 5.49. The number of amides is 3. The molecule has 1 fully saturated rings. The quantitative estimate of drug-likeness (QED) is 0.469. The van der Waals surface area contributed by atoms with E-state index in [-0.39, 0.29) is 42.1 Å². The van der Waals surface area contributed by atoms with Crippen LogP contribution in [0.1, 0.15) is 86.7 Å². The molecule has 2 heterocycles. The van der Waals surface area contributed by atoms with Crippen LogP contribution in [0.2, 0.25) is 0 Å². The molecule has 178 valence electrons. The van der Waals surface area contributed by atoms with Crippen molar-refractivity contribution >= 4 is 17.7 Å². The summed E-state index contributed by atoms with van der Waals surface area (Å²) in [7, 11) is 1.64. The van der Waals surface area contributed by atoms with Gasteiger partial charge in [0.1, 0.15) is 11.2 Å². The average molecular weight is 448 g/mol. The summed E-state index contributed by atoms with van der Waals surface area (Å²) in [4.78, 5) is 40.2. The Hall–Kier alpha value is -2.42. The minimum atomic E-state index is -1.07. The fourth-order valence-corrected chi connectivity index (χ4v) is 4.29. The first kappa shape index (κ1) is 24.2. The van der Waals surface area contributed by atoms with Crippen molar-refractivity contribution in [3.63, 3.8) is 0 Å². The highest BCUT2D eigenvalue weighted by molar-refractivity contribution is 6.01. The summed E-state index contributed by atoms with van der Waals surface area (Å²) in [6.45, 7) is 6.92. The molecule has 1 atom stereocenters. The number of carbonyl (C=O) groups is 3. The van der Waals surface area contributed by atoms with Crippen molar-refractivity contribution in [2.45, 2.75) is 89.9 Å². The zero-order valence-electron chi connectivity index (χ0n) is 19.8. The summed E-state index contributed by atoms with van der Waals surface area (Å²) >= 11 is 0. The van der Waals surface area contributed by atoms with Crippen molar-refractivity contribution in [2.24, 2.45) is 0 Å². The molecular formula is C23H37N5O4. The Kier molecular flexibility index (Phi) is 7.92. The largest absolute Gasteiger partial charge is 0.379 e. The van der Waals surface area contributed by atoms with Crippen LogP contribution in [-0.4, -0.2) is 70.3 Å². The predicted molar refractivity (Wildman–Crippen MR) is 120 cm³/mol. The zero-order chi connectivity index (χ0) is 23.3. The Morgan fingerprint density at radius 2 is 1.94 bits per heavy atom. The van der Waals surface area contributed by atoms with Gasteiger partial charge in [0, 0.05) is 32.3 Å². The number of hydrogen-bond acceptors (Lipinski definition) is 5. The lowest BCUT2D eigenvalue weighted by Gasteiger charge is -2.41. The van der Waals surface area contributed by atoms with Crippen molar-refractivity contribution in [1.82, 2.24) is 25.3 Å². The second kappa shape index (κ2) is 10.5. The molecule has 9 nitrogen and oxygen atoms in total. The fraction of sp³-hybridized carbons (Fsp3) is 0.739. The van der Waals surface area contributed by atoms with E-state index in [0.29, 0.717) is 25.3 Å². The molecule has 0 bridgehead atoms. The molecule has 0 aromatic carbocycles. The van der Waals surface area contributed by atoms with Gasteiger partial charge in [0.15, 0.2) is 5.69 Å². The Labute approximate surface area is 190 Å². The van der Waals surface area contributed by atoms with Gasteiger partial charge in [-0.05, 0) is 40.0 Å². The molecule has 1 saturated carbocycles. The van der Waals surface area contributed by atoms with Gasteiger partial charge in [-0.1, -0.05) is 25.7 Å². The van der Waals surface area contributed by atoms with Gasteiger partial charge in [-0.15, -0.1) is 0 Å². The van der Waals surface area contributed by atoms with E-state index >= 15 is 0 Å². The first-order valence-electron chi connectivity index (χ1n) is 11.8. The number of nitrogens with zero attached hydrogens (tertiary/aromatic N) is 3. The Balaban J connectivity index is 1.65. The maximum absolute atomic E-state index is 13.2. The number of hydrogen-bond donors (Lipinski definition) is 2. The molecule has 0 radical (unpaired) electrons. The fourth-order valence-electron chi connectivity index (χ4n) is 4.29. The van der Waals surface area contributed by atoms with Crippen LogP contribution in [0.5, 0.6) is 0 Å². The van der Waals surface area contributed by atoms with Gasteiger partial charge in [0.25, 0.3) is 11.8 Å². The normalized spacial score (nSPS) is 21.9. The number of aromatic nitrogens is 2. The van der Waals surface area contributed by atoms with Crippen LogP contribution in [0, 0.1) is 0 Å². The number of ether oxygens (including phenoxy) is 1. The molecule has 1 aromatic heterocycles. The summed E-state index contributed by atoms with van der Waals surface area (Å²) in [5, 5.41) is 10.3. The van der Waals surface area contributed by atoms with Crippen LogP contribution in [0.15, 0.2) is 6.07 Å². The summed E-state index contributed by atoms with van der Waals surface area (Å²) in [5.74, 6) is -0.819. The first-order valence-corrected chi connectivity index (χ1v) is 11.8. The molecule has 2 N–H and O–H groups in total. The van der Waals surface area contributed by atoms with E-state index < -0.39 is 5.54 Å². The van der Waals surface area contributed by atoms with Crippen molar-refractivity contribution in [1.29, 1.82) is 0 Å². The predicted octanol–water partition coefficient (Wildman–Crippen LogP) is 2.11. The Bertz CT molecular complexity index is 828.